The second-order valence-corrected chi connectivity index (χ2v) is 6.89. The fourth-order valence-corrected chi connectivity index (χ4v) is 3.09. The molecule has 4 atom stereocenters. The number of hydrogen-bond acceptors (Lipinski definition) is 3. The van der Waals surface area contributed by atoms with Gasteiger partial charge in [0.15, 0.2) is 6.10 Å². The number of rotatable bonds is 4. The van der Waals surface area contributed by atoms with E-state index < -0.39 is 17.9 Å². The Bertz CT molecular complexity index is 617. The maximum atomic E-state index is 13.5. The van der Waals surface area contributed by atoms with Gasteiger partial charge in [-0.25, -0.2) is 9.18 Å². The van der Waals surface area contributed by atoms with Crippen LogP contribution in [0.5, 0.6) is 0 Å². The van der Waals surface area contributed by atoms with Crippen LogP contribution < -0.4 is 5.32 Å². The number of amides is 1. The second kappa shape index (κ2) is 7.77. The Morgan fingerprint density at radius 3 is 2.67 bits per heavy atom. The molecule has 24 heavy (non-hydrogen) atoms. The van der Waals surface area contributed by atoms with Crippen LogP contribution in [0.25, 0.3) is 0 Å². The molecule has 1 saturated carbocycles. The van der Waals surface area contributed by atoms with E-state index in [0.717, 1.165) is 18.9 Å². The van der Waals surface area contributed by atoms with Gasteiger partial charge < -0.3 is 10.1 Å². The van der Waals surface area contributed by atoms with Crippen molar-refractivity contribution in [2.45, 2.75) is 59.1 Å². The Balaban J connectivity index is 1.93. The van der Waals surface area contributed by atoms with Gasteiger partial charge in [0.1, 0.15) is 5.82 Å². The van der Waals surface area contributed by atoms with Crippen molar-refractivity contribution in [1.82, 2.24) is 5.32 Å². The van der Waals surface area contributed by atoms with E-state index in [-0.39, 0.29) is 17.5 Å². The molecule has 1 fully saturated rings. The third kappa shape index (κ3) is 4.34. The Morgan fingerprint density at radius 2 is 2.00 bits per heavy atom. The molecule has 5 heteroatoms. The highest BCUT2D eigenvalue weighted by atomic mass is 19.1. The largest absolute Gasteiger partial charge is 0.449 e. The Kier molecular flexibility index (Phi) is 5.97. The molecule has 0 saturated heterocycles. The van der Waals surface area contributed by atoms with Gasteiger partial charge in [0, 0.05) is 6.04 Å². The van der Waals surface area contributed by atoms with Crippen LogP contribution in [-0.2, 0) is 9.53 Å². The highest BCUT2D eigenvalue weighted by molar-refractivity contribution is 5.92. The first-order valence-electron chi connectivity index (χ1n) is 8.57. The Hall–Kier alpha value is -1.91. The van der Waals surface area contributed by atoms with Crippen molar-refractivity contribution in [3.8, 4) is 0 Å². The van der Waals surface area contributed by atoms with Crippen molar-refractivity contribution in [2.75, 3.05) is 0 Å². The zero-order valence-corrected chi connectivity index (χ0v) is 14.8. The standard InChI is InChI=1S/C19H26FNO3/c1-11-6-5-7-17(13(11)3)21-18(22)14(4)24-19(23)15-9-8-12(2)16(20)10-15/h8-11,13-14,17H,5-7H2,1-4H3,(H,21,22)/t11-,13-,14-,17+/m0/s1. The van der Waals surface area contributed by atoms with Crippen LogP contribution in [0.2, 0.25) is 0 Å². The van der Waals surface area contributed by atoms with Crippen molar-refractivity contribution in [1.29, 1.82) is 0 Å². The van der Waals surface area contributed by atoms with Crippen LogP contribution in [0.1, 0.15) is 56.0 Å². The fourth-order valence-electron chi connectivity index (χ4n) is 3.09. The van der Waals surface area contributed by atoms with Crippen molar-refractivity contribution >= 4 is 11.9 Å². The van der Waals surface area contributed by atoms with Crippen molar-refractivity contribution < 1.29 is 18.7 Å². The predicted molar refractivity (Wildman–Crippen MR) is 90.1 cm³/mol. The van der Waals surface area contributed by atoms with Gasteiger partial charge in [0.05, 0.1) is 5.56 Å². The van der Waals surface area contributed by atoms with Gasteiger partial charge >= 0.3 is 5.97 Å². The molecule has 0 bridgehead atoms. The van der Waals surface area contributed by atoms with Crippen LogP contribution in [-0.4, -0.2) is 24.0 Å². The lowest BCUT2D eigenvalue weighted by Crippen LogP contribution is -2.47. The molecule has 1 N–H and O–H groups in total. The van der Waals surface area contributed by atoms with Crippen LogP contribution in [0.3, 0.4) is 0 Å². The summed E-state index contributed by atoms with van der Waals surface area (Å²) in [5.74, 6) is -0.496. The summed E-state index contributed by atoms with van der Waals surface area (Å²) in [7, 11) is 0. The minimum atomic E-state index is -0.911. The molecule has 1 aliphatic carbocycles. The molecule has 1 aromatic rings. The molecular weight excluding hydrogens is 309 g/mol. The summed E-state index contributed by atoms with van der Waals surface area (Å²) in [6.45, 7) is 7.49. The number of ether oxygens (including phenoxy) is 1. The van der Waals surface area contributed by atoms with E-state index >= 15 is 0 Å². The van der Waals surface area contributed by atoms with Gasteiger partial charge in [-0.15, -0.1) is 0 Å². The number of aryl methyl sites for hydroxylation is 1. The smallest absolute Gasteiger partial charge is 0.339 e. The lowest BCUT2D eigenvalue weighted by atomic mass is 9.78. The number of nitrogens with one attached hydrogen (secondary N) is 1. The van der Waals surface area contributed by atoms with E-state index in [1.807, 2.05) is 0 Å². The lowest BCUT2D eigenvalue weighted by Gasteiger charge is -2.35. The topological polar surface area (TPSA) is 55.4 Å². The van der Waals surface area contributed by atoms with Crippen LogP contribution in [0.4, 0.5) is 4.39 Å². The van der Waals surface area contributed by atoms with E-state index in [9.17, 15) is 14.0 Å². The monoisotopic (exact) mass is 335 g/mol. The van der Waals surface area contributed by atoms with E-state index in [1.165, 1.54) is 25.5 Å². The molecule has 132 valence electrons. The fraction of sp³-hybridized carbons (Fsp3) is 0.579. The van der Waals surface area contributed by atoms with E-state index in [0.29, 0.717) is 17.4 Å². The number of hydrogen-bond donors (Lipinski definition) is 1. The number of esters is 1. The maximum absolute atomic E-state index is 13.5. The average molecular weight is 335 g/mol. The Labute approximate surface area is 142 Å². The molecule has 0 unspecified atom stereocenters. The van der Waals surface area contributed by atoms with Crippen molar-refractivity contribution in [2.24, 2.45) is 11.8 Å². The summed E-state index contributed by atoms with van der Waals surface area (Å²) in [5.41, 5.74) is 0.565. The number of carbonyl (C=O) groups excluding carboxylic acids is 2. The predicted octanol–water partition coefficient (Wildman–Crippen LogP) is 3.62. The van der Waals surface area contributed by atoms with Gasteiger partial charge in [0.25, 0.3) is 5.91 Å². The maximum Gasteiger partial charge on any atom is 0.339 e. The van der Waals surface area contributed by atoms with E-state index in [4.69, 9.17) is 4.74 Å². The summed E-state index contributed by atoms with van der Waals surface area (Å²) in [6.07, 6.45) is 2.30. The summed E-state index contributed by atoms with van der Waals surface area (Å²) < 4.78 is 18.7. The van der Waals surface area contributed by atoms with Gasteiger partial charge in [-0.2, -0.15) is 0 Å². The summed E-state index contributed by atoms with van der Waals surface area (Å²) in [5, 5.41) is 2.99. The molecule has 1 aliphatic rings. The van der Waals surface area contributed by atoms with Crippen molar-refractivity contribution in [3.05, 3.63) is 35.1 Å². The first-order valence-corrected chi connectivity index (χ1v) is 8.57. The SMILES string of the molecule is Cc1ccc(C(=O)O[C@@H](C)C(=O)N[C@@H]2CCC[C@H](C)[C@@H]2C)cc1F. The number of benzene rings is 1. The first-order chi connectivity index (χ1) is 11.3. The molecule has 0 spiro atoms. The van der Waals surface area contributed by atoms with Crippen LogP contribution in [0, 0.1) is 24.6 Å². The van der Waals surface area contributed by atoms with Gasteiger partial charge in [-0.05, 0) is 49.8 Å². The van der Waals surface area contributed by atoms with Gasteiger partial charge in [0.2, 0.25) is 0 Å². The highest BCUT2D eigenvalue weighted by Crippen LogP contribution is 2.29. The van der Waals surface area contributed by atoms with Gasteiger partial charge in [-0.3, -0.25) is 4.79 Å². The molecule has 0 aromatic heterocycles. The molecule has 0 heterocycles. The molecule has 0 aliphatic heterocycles. The molecule has 2 rings (SSSR count). The molecular formula is C19H26FNO3. The zero-order valence-electron chi connectivity index (χ0n) is 14.8. The summed E-state index contributed by atoms with van der Waals surface area (Å²) in [4.78, 5) is 24.4. The highest BCUT2D eigenvalue weighted by Gasteiger charge is 2.30. The van der Waals surface area contributed by atoms with Crippen molar-refractivity contribution in [3.63, 3.8) is 0 Å². The summed E-state index contributed by atoms with van der Waals surface area (Å²) >= 11 is 0. The quantitative estimate of drug-likeness (QED) is 0.855. The summed E-state index contributed by atoms with van der Waals surface area (Å²) in [6, 6.07) is 4.25. The second-order valence-electron chi connectivity index (χ2n) is 6.89. The minimum Gasteiger partial charge on any atom is -0.449 e. The van der Waals surface area contributed by atoms with E-state index in [2.05, 4.69) is 19.2 Å². The van der Waals surface area contributed by atoms with E-state index in [1.54, 1.807) is 6.92 Å². The minimum absolute atomic E-state index is 0.109. The first kappa shape index (κ1) is 18.4. The number of carbonyl (C=O) groups is 2. The average Bonchev–Trinajstić information content (AvgIpc) is 2.54. The molecule has 4 nitrogen and oxygen atoms in total. The lowest BCUT2D eigenvalue weighted by molar-refractivity contribution is -0.130. The molecule has 0 radical (unpaired) electrons. The third-order valence-electron chi connectivity index (χ3n) is 5.10. The van der Waals surface area contributed by atoms with Gasteiger partial charge in [-0.1, -0.05) is 32.8 Å². The van der Waals surface area contributed by atoms with Crippen LogP contribution in [0.15, 0.2) is 18.2 Å². The normalized spacial score (nSPS) is 25.0. The Morgan fingerprint density at radius 1 is 1.29 bits per heavy atom. The van der Waals surface area contributed by atoms with Crippen LogP contribution >= 0.6 is 0 Å². The zero-order chi connectivity index (χ0) is 17.9. The molecule has 1 amide bonds. The number of halogens is 1. The third-order valence-corrected chi connectivity index (χ3v) is 5.10. The molecule has 1 aromatic carbocycles.